The van der Waals surface area contributed by atoms with Crippen LogP contribution in [0.1, 0.15) is 28.1 Å². The number of nitrogens with zero attached hydrogens (tertiary/aromatic N) is 2. The van der Waals surface area contributed by atoms with Gasteiger partial charge in [0.1, 0.15) is 11.3 Å². The predicted molar refractivity (Wildman–Crippen MR) is 121 cm³/mol. The van der Waals surface area contributed by atoms with Crippen LogP contribution >= 0.6 is 11.8 Å². The van der Waals surface area contributed by atoms with Crippen molar-refractivity contribution in [1.82, 2.24) is 10.2 Å². The van der Waals surface area contributed by atoms with Gasteiger partial charge in [-0.15, -0.1) is 16.8 Å². The molecule has 2 aromatic heterocycles. The van der Waals surface area contributed by atoms with E-state index in [0.29, 0.717) is 40.2 Å². The minimum absolute atomic E-state index is 0.128. The third kappa shape index (κ3) is 4.56. The SMILES string of the molecule is C=CCSc1nnc(COc2ccc3c(C)c(Cc4ccccc4)c(=O)oc3c2C)o1. The molecule has 0 aliphatic carbocycles. The summed E-state index contributed by atoms with van der Waals surface area (Å²) in [5, 5.41) is 9.32. The molecular formula is C24H22N2O4S. The van der Waals surface area contributed by atoms with Crippen LogP contribution in [0.5, 0.6) is 5.75 Å². The number of hydrogen-bond acceptors (Lipinski definition) is 7. The maximum atomic E-state index is 12.7. The summed E-state index contributed by atoms with van der Waals surface area (Å²) < 4.78 is 17.1. The van der Waals surface area contributed by atoms with Gasteiger partial charge in [-0.2, -0.15) is 0 Å². The number of aromatic nitrogens is 2. The summed E-state index contributed by atoms with van der Waals surface area (Å²) in [4.78, 5) is 12.7. The third-order valence-electron chi connectivity index (χ3n) is 5.00. The fourth-order valence-corrected chi connectivity index (χ4v) is 3.87. The quantitative estimate of drug-likeness (QED) is 0.213. The molecule has 0 aliphatic heterocycles. The van der Waals surface area contributed by atoms with Gasteiger partial charge in [-0.3, -0.25) is 0 Å². The van der Waals surface area contributed by atoms with Crippen molar-refractivity contribution in [3.63, 3.8) is 0 Å². The molecule has 31 heavy (non-hydrogen) atoms. The molecular weight excluding hydrogens is 412 g/mol. The molecule has 0 radical (unpaired) electrons. The molecule has 0 aliphatic rings. The first kappa shape index (κ1) is 20.9. The van der Waals surface area contributed by atoms with Gasteiger partial charge in [0.15, 0.2) is 6.61 Å². The smallest absolute Gasteiger partial charge is 0.340 e. The second-order valence-electron chi connectivity index (χ2n) is 7.07. The van der Waals surface area contributed by atoms with Gasteiger partial charge >= 0.3 is 5.63 Å². The minimum Gasteiger partial charge on any atom is -0.483 e. The zero-order valence-corrected chi connectivity index (χ0v) is 18.2. The maximum Gasteiger partial charge on any atom is 0.340 e. The highest BCUT2D eigenvalue weighted by Gasteiger charge is 2.16. The van der Waals surface area contributed by atoms with Crippen LogP contribution in [-0.2, 0) is 13.0 Å². The van der Waals surface area contributed by atoms with Gasteiger partial charge in [0, 0.05) is 28.7 Å². The Balaban J connectivity index is 1.58. The Kier molecular flexibility index (Phi) is 6.23. The molecule has 4 rings (SSSR count). The fraction of sp³-hybridized carbons (Fsp3) is 0.208. The van der Waals surface area contributed by atoms with Crippen LogP contribution in [0.3, 0.4) is 0 Å². The van der Waals surface area contributed by atoms with Crippen molar-refractivity contribution in [2.24, 2.45) is 0 Å². The van der Waals surface area contributed by atoms with Crippen molar-refractivity contribution in [3.8, 4) is 5.75 Å². The number of fused-ring (bicyclic) bond motifs is 1. The first-order chi connectivity index (χ1) is 15.1. The van der Waals surface area contributed by atoms with Crippen LogP contribution in [0.2, 0.25) is 0 Å². The van der Waals surface area contributed by atoms with Crippen molar-refractivity contribution in [1.29, 1.82) is 0 Å². The Labute approximate surface area is 183 Å². The van der Waals surface area contributed by atoms with Gasteiger partial charge in [-0.25, -0.2) is 4.79 Å². The number of aryl methyl sites for hydroxylation is 2. The molecule has 0 amide bonds. The van der Waals surface area contributed by atoms with Crippen molar-refractivity contribution in [3.05, 3.63) is 93.7 Å². The molecule has 0 spiro atoms. The van der Waals surface area contributed by atoms with Gasteiger partial charge < -0.3 is 13.6 Å². The molecule has 0 saturated heterocycles. The zero-order chi connectivity index (χ0) is 21.8. The zero-order valence-electron chi connectivity index (χ0n) is 17.4. The van der Waals surface area contributed by atoms with Crippen LogP contribution in [-0.4, -0.2) is 16.0 Å². The lowest BCUT2D eigenvalue weighted by molar-refractivity contribution is 0.251. The fourth-order valence-electron chi connectivity index (χ4n) is 3.36. The van der Waals surface area contributed by atoms with E-state index >= 15 is 0 Å². The Hall–Kier alpha value is -3.32. The van der Waals surface area contributed by atoms with E-state index in [2.05, 4.69) is 16.8 Å². The van der Waals surface area contributed by atoms with Gasteiger partial charge in [0.05, 0.1) is 0 Å². The Bertz CT molecular complexity index is 1280. The molecule has 0 fully saturated rings. The molecule has 158 valence electrons. The van der Waals surface area contributed by atoms with Gasteiger partial charge in [0.2, 0.25) is 0 Å². The molecule has 2 heterocycles. The van der Waals surface area contributed by atoms with Gasteiger partial charge in [0.25, 0.3) is 11.1 Å². The lowest BCUT2D eigenvalue weighted by atomic mass is 9.98. The van der Waals surface area contributed by atoms with Crippen LogP contribution in [0.4, 0.5) is 0 Å². The van der Waals surface area contributed by atoms with E-state index in [9.17, 15) is 4.79 Å². The molecule has 6 nitrogen and oxygen atoms in total. The second kappa shape index (κ2) is 9.22. The molecule has 4 aromatic rings. The summed E-state index contributed by atoms with van der Waals surface area (Å²) in [5.74, 6) is 1.67. The molecule has 0 saturated carbocycles. The number of ether oxygens (including phenoxy) is 1. The standard InChI is InChI=1S/C24H22N2O4S/c1-4-12-31-24-26-25-21(29-24)14-28-20-11-10-18-15(2)19(13-17-8-6-5-7-9-17)23(27)30-22(18)16(20)3/h4-11H,1,12-14H2,2-3H3. The second-order valence-corrected chi connectivity index (χ2v) is 8.04. The van der Waals surface area contributed by atoms with E-state index in [4.69, 9.17) is 13.6 Å². The summed E-state index contributed by atoms with van der Waals surface area (Å²) in [7, 11) is 0. The van der Waals surface area contributed by atoms with Crippen LogP contribution < -0.4 is 10.4 Å². The lowest BCUT2D eigenvalue weighted by Crippen LogP contribution is -2.11. The van der Waals surface area contributed by atoms with Gasteiger partial charge in [-0.05, 0) is 37.1 Å². The van der Waals surface area contributed by atoms with Gasteiger partial charge in [-0.1, -0.05) is 48.2 Å². The van der Waals surface area contributed by atoms with Crippen LogP contribution in [0.15, 0.2) is 74.0 Å². The van der Waals surface area contributed by atoms with E-state index in [1.54, 1.807) is 6.08 Å². The predicted octanol–water partition coefficient (Wildman–Crippen LogP) is 5.24. The highest BCUT2D eigenvalue weighted by Crippen LogP contribution is 2.30. The highest BCUT2D eigenvalue weighted by molar-refractivity contribution is 7.99. The van der Waals surface area contributed by atoms with E-state index in [1.165, 1.54) is 11.8 Å². The maximum absolute atomic E-state index is 12.7. The Morgan fingerprint density at radius 3 is 2.65 bits per heavy atom. The largest absolute Gasteiger partial charge is 0.483 e. The molecule has 0 atom stereocenters. The van der Waals surface area contributed by atoms with Crippen LogP contribution in [0, 0.1) is 13.8 Å². The third-order valence-corrected chi connectivity index (χ3v) is 5.82. The van der Waals surface area contributed by atoms with Crippen molar-refractivity contribution in [2.45, 2.75) is 32.1 Å². The summed E-state index contributed by atoms with van der Waals surface area (Å²) in [6.07, 6.45) is 2.30. The Morgan fingerprint density at radius 1 is 1.06 bits per heavy atom. The van der Waals surface area contributed by atoms with Crippen molar-refractivity contribution < 1.29 is 13.6 Å². The van der Waals surface area contributed by atoms with E-state index in [-0.39, 0.29) is 12.2 Å². The summed E-state index contributed by atoms with van der Waals surface area (Å²) in [6.45, 7) is 7.62. The average molecular weight is 435 g/mol. The molecule has 0 bridgehead atoms. The molecule has 7 heteroatoms. The van der Waals surface area contributed by atoms with E-state index in [0.717, 1.165) is 22.1 Å². The topological polar surface area (TPSA) is 78.4 Å². The first-order valence-corrected chi connectivity index (χ1v) is 10.8. The highest BCUT2D eigenvalue weighted by atomic mass is 32.2. The number of hydrogen-bond donors (Lipinski definition) is 0. The first-order valence-electron chi connectivity index (χ1n) is 9.85. The van der Waals surface area contributed by atoms with E-state index in [1.807, 2.05) is 56.3 Å². The number of rotatable bonds is 8. The summed E-state index contributed by atoms with van der Waals surface area (Å²) in [5.41, 5.74) is 3.62. The number of thioether (sulfide) groups is 1. The average Bonchev–Trinajstić information content (AvgIpc) is 3.24. The van der Waals surface area contributed by atoms with Crippen molar-refractivity contribution >= 4 is 22.7 Å². The molecule has 0 N–H and O–H groups in total. The molecule has 0 unspecified atom stereocenters. The monoisotopic (exact) mass is 434 g/mol. The summed E-state index contributed by atoms with van der Waals surface area (Å²) >= 11 is 1.41. The Morgan fingerprint density at radius 2 is 1.87 bits per heavy atom. The lowest BCUT2D eigenvalue weighted by Gasteiger charge is -2.12. The minimum atomic E-state index is -0.324. The normalized spacial score (nSPS) is 11.0. The van der Waals surface area contributed by atoms with Crippen molar-refractivity contribution in [2.75, 3.05) is 5.75 Å². The van der Waals surface area contributed by atoms with Crippen LogP contribution in [0.25, 0.3) is 11.0 Å². The number of benzene rings is 2. The molecule has 2 aromatic carbocycles. The summed E-state index contributed by atoms with van der Waals surface area (Å²) in [6, 6.07) is 13.7. The van der Waals surface area contributed by atoms with E-state index < -0.39 is 0 Å².